The normalized spacial score (nSPS) is 16.9. The van der Waals surface area contributed by atoms with Gasteiger partial charge in [-0.05, 0) is 42.2 Å². The van der Waals surface area contributed by atoms with Crippen molar-refractivity contribution in [2.24, 2.45) is 0 Å². The number of benzene rings is 1. The number of rotatable bonds is 4. The van der Waals surface area contributed by atoms with Crippen LogP contribution in [0.1, 0.15) is 47.3 Å². The van der Waals surface area contributed by atoms with E-state index in [0.717, 1.165) is 30.5 Å². The summed E-state index contributed by atoms with van der Waals surface area (Å²) in [7, 11) is 0. The van der Waals surface area contributed by atoms with Crippen LogP contribution in [0.2, 0.25) is 0 Å². The average molecular weight is 323 g/mol. The third kappa shape index (κ3) is 3.62. The van der Waals surface area contributed by atoms with Gasteiger partial charge in [-0.25, -0.2) is 0 Å². The number of pyridine rings is 1. The number of likely N-dealkylation sites (tertiary alicyclic amines) is 1. The van der Waals surface area contributed by atoms with Crippen LogP contribution in [0.15, 0.2) is 48.8 Å². The van der Waals surface area contributed by atoms with Gasteiger partial charge in [0, 0.05) is 38.0 Å². The maximum Gasteiger partial charge on any atom is 0.254 e. The molecule has 0 saturated carbocycles. The van der Waals surface area contributed by atoms with Gasteiger partial charge in [-0.2, -0.15) is 0 Å². The monoisotopic (exact) mass is 323 g/mol. The van der Waals surface area contributed by atoms with Crippen molar-refractivity contribution in [3.05, 3.63) is 65.5 Å². The van der Waals surface area contributed by atoms with E-state index in [2.05, 4.69) is 10.3 Å². The molecule has 1 unspecified atom stereocenters. The number of aromatic nitrogens is 1. The minimum absolute atomic E-state index is 0.0485. The van der Waals surface area contributed by atoms with Gasteiger partial charge >= 0.3 is 0 Å². The Labute approximate surface area is 141 Å². The summed E-state index contributed by atoms with van der Waals surface area (Å²) in [5, 5.41) is 2.75. The lowest BCUT2D eigenvalue weighted by molar-refractivity contribution is -0.119. The van der Waals surface area contributed by atoms with Crippen LogP contribution in [0.25, 0.3) is 0 Å². The molecule has 5 nitrogen and oxygen atoms in total. The van der Waals surface area contributed by atoms with Gasteiger partial charge in [-0.3, -0.25) is 14.6 Å². The van der Waals surface area contributed by atoms with Crippen LogP contribution < -0.4 is 5.32 Å². The van der Waals surface area contributed by atoms with Crippen molar-refractivity contribution < 1.29 is 9.59 Å². The highest BCUT2D eigenvalue weighted by Gasteiger charge is 2.30. The van der Waals surface area contributed by atoms with Gasteiger partial charge in [-0.1, -0.05) is 18.2 Å². The van der Waals surface area contributed by atoms with Crippen molar-refractivity contribution in [2.45, 2.75) is 32.4 Å². The third-order valence-corrected chi connectivity index (χ3v) is 4.33. The molecule has 0 aliphatic carbocycles. The molecular weight excluding hydrogens is 302 g/mol. The number of nitrogens with zero attached hydrogens (tertiary/aromatic N) is 2. The topological polar surface area (TPSA) is 62.3 Å². The van der Waals surface area contributed by atoms with E-state index in [0.29, 0.717) is 12.1 Å². The number of hydrogen-bond donors (Lipinski definition) is 1. The zero-order valence-corrected chi connectivity index (χ0v) is 13.7. The Kier molecular flexibility index (Phi) is 4.89. The maximum absolute atomic E-state index is 12.8. The van der Waals surface area contributed by atoms with E-state index in [1.165, 1.54) is 6.92 Å². The Morgan fingerprint density at radius 3 is 2.71 bits per heavy atom. The number of nitrogens with one attached hydrogen (secondary N) is 1. The third-order valence-electron chi connectivity index (χ3n) is 4.33. The first kappa shape index (κ1) is 16.2. The van der Waals surface area contributed by atoms with Crippen LogP contribution in [-0.4, -0.2) is 28.2 Å². The highest BCUT2D eigenvalue weighted by Crippen LogP contribution is 2.32. The van der Waals surface area contributed by atoms with E-state index < -0.39 is 0 Å². The van der Waals surface area contributed by atoms with Crippen molar-refractivity contribution in [3.63, 3.8) is 0 Å². The summed E-state index contributed by atoms with van der Waals surface area (Å²) < 4.78 is 0. The molecule has 2 amide bonds. The maximum atomic E-state index is 12.8. The summed E-state index contributed by atoms with van der Waals surface area (Å²) in [6.07, 6.45) is 5.56. The van der Waals surface area contributed by atoms with E-state index in [9.17, 15) is 9.59 Å². The first-order chi connectivity index (χ1) is 11.6. The zero-order chi connectivity index (χ0) is 16.9. The molecule has 124 valence electrons. The molecule has 1 saturated heterocycles. The Balaban J connectivity index is 1.72. The quantitative estimate of drug-likeness (QED) is 0.941. The summed E-state index contributed by atoms with van der Waals surface area (Å²) in [5.41, 5.74) is 2.75. The number of carbonyl (C=O) groups is 2. The molecule has 24 heavy (non-hydrogen) atoms. The predicted molar refractivity (Wildman–Crippen MR) is 91.2 cm³/mol. The molecule has 1 atom stereocenters. The second-order valence-corrected chi connectivity index (χ2v) is 6.05. The van der Waals surface area contributed by atoms with E-state index in [4.69, 9.17) is 0 Å². The fraction of sp³-hybridized carbons (Fsp3) is 0.316. The molecule has 0 spiro atoms. The number of amides is 2. The van der Waals surface area contributed by atoms with Crippen molar-refractivity contribution >= 4 is 11.8 Å². The fourth-order valence-corrected chi connectivity index (χ4v) is 3.09. The first-order valence-corrected chi connectivity index (χ1v) is 8.19. The molecule has 1 aromatic heterocycles. The Bertz CT molecular complexity index is 713. The van der Waals surface area contributed by atoms with Crippen LogP contribution in [0.3, 0.4) is 0 Å². The molecule has 0 radical (unpaired) electrons. The van der Waals surface area contributed by atoms with Crippen molar-refractivity contribution in [2.75, 3.05) is 6.54 Å². The smallest absolute Gasteiger partial charge is 0.254 e. The molecule has 5 heteroatoms. The van der Waals surface area contributed by atoms with Crippen LogP contribution in [-0.2, 0) is 11.3 Å². The number of carbonyl (C=O) groups excluding carboxylic acids is 2. The minimum atomic E-state index is -0.0634. The summed E-state index contributed by atoms with van der Waals surface area (Å²) in [6.45, 7) is 2.74. The van der Waals surface area contributed by atoms with Crippen LogP contribution in [0, 0.1) is 0 Å². The average Bonchev–Trinajstić information content (AvgIpc) is 3.10. The van der Waals surface area contributed by atoms with Crippen molar-refractivity contribution in [1.29, 1.82) is 0 Å². The molecule has 2 aromatic rings. The molecule has 1 aliphatic heterocycles. The molecular formula is C19H21N3O2. The highest BCUT2D eigenvalue weighted by atomic mass is 16.2. The van der Waals surface area contributed by atoms with Gasteiger partial charge in [0.25, 0.3) is 5.91 Å². The van der Waals surface area contributed by atoms with E-state index >= 15 is 0 Å². The van der Waals surface area contributed by atoms with Gasteiger partial charge < -0.3 is 10.2 Å². The van der Waals surface area contributed by atoms with E-state index in [-0.39, 0.29) is 17.9 Å². The van der Waals surface area contributed by atoms with E-state index in [1.54, 1.807) is 6.20 Å². The molecule has 1 N–H and O–H groups in total. The standard InChI is InChI=1S/C19H21N3O2/c1-14(23)21-12-15-6-8-16(9-7-15)19(24)22-11-3-5-18(22)17-4-2-10-20-13-17/h2,4,6-10,13,18H,3,5,11-12H2,1H3,(H,21,23). The van der Waals surface area contributed by atoms with Crippen molar-refractivity contribution in [3.8, 4) is 0 Å². The summed E-state index contributed by atoms with van der Waals surface area (Å²) in [5.74, 6) is -0.0148. The molecule has 2 heterocycles. The fourth-order valence-electron chi connectivity index (χ4n) is 3.09. The van der Waals surface area contributed by atoms with Gasteiger partial charge in [0.1, 0.15) is 0 Å². The summed E-state index contributed by atoms with van der Waals surface area (Å²) >= 11 is 0. The Morgan fingerprint density at radius 2 is 2.04 bits per heavy atom. The molecule has 1 aliphatic rings. The van der Waals surface area contributed by atoms with Gasteiger partial charge in [0.05, 0.1) is 6.04 Å². The molecule has 3 rings (SSSR count). The lowest BCUT2D eigenvalue weighted by Crippen LogP contribution is -2.30. The van der Waals surface area contributed by atoms with Gasteiger partial charge in [-0.15, -0.1) is 0 Å². The van der Waals surface area contributed by atoms with Crippen LogP contribution >= 0.6 is 0 Å². The second-order valence-electron chi connectivity index (χ2n) is 6.05. The second kappa shape index (κ2) is 7.25. The largest absolute Gasteiger partial charge is 0.352 e. The molecule has 1 aromatic carbocycles. The summed E-state index contributed by atoms with van der Waals surface area (Å²) in [6, 6.07) is 11.5. The van der Waals surface area contributed by atoms with Gasteiger partial charge in [0.2, 0.25) is 5.91 Å². The minimum Gasteiger partial charge on any atom is -0.352 e. The number of hydrogen-bond acceptors (Lipinski definition) is 3. The molecule has 0 bridgehead atoms. The van der Waals surface area contributed by atoms with E-state index in [1.807, 2.05) is 47.5 Å². The Morgan fingerprint density at radius 1 is 1.25 bits per heavy atom. The summed E-state index contributed by atoms with van der Waals surface area (Å²) in [4.78, 5) is 29.9. The van der Waals surface area contributed by atoms with Crippen LogP contribution in [0.5, 0.6) is 0 Å². The van der Waals surface area contributed by atoms with Crippen LogP contribution in [0.4, 0.5) is 0 Å². The lowest BCUT2D eigenvalue weighted by atomic mass is 10.1. The predicted octanol–water partition coefficient (Wildman–Crippen LogP) is 2.70. The molecule has 1 fully saturated rings. The zero-order valence-electron chi connectivity index (χ0n) is 13.7. The highest BCUT2D eigenvalue weighted by molar-refractivity contribution is 5.94. The van der Waals surface area contributed by atoms with Crippen molar-refractivity contribution in [1.82, 2.24) is 15.2 Å². The Hall–Kier alpha value is -2.69. The lowest BCUT2D eigenvalue weighted by Gasteiger charge is -2.25. The first-order valence-electron chi connectivity index (χ1n) is 8.19. The SMILES string of the molecule is CC(=O)NCc1ccc(C(=O)N2CCCC2c2cccnc2)cc1. The van der Waals surface area contributed by atoms with Gasteiger partial charge in [0.15, 0.2) is 0 Å².